The van der Waals surface area contributed by atoms with E-state index in [9.17, 15) is 17.6 Å². The number of nitrogens with one attached hydrogen (secondary N) is 1. The second kappa shape index (κ2) is 9.76. The molecule has 30 heavy (non-hydrogen) atoms. The summed E-state index contributed by atoms with van der Waals surface area (Å²) in [5, 5.41) is 8.46. The number of aliphatic hydroxyl groups excluding tert-OH is 1. The number of hydrogen-bond acceptors (Lipinski definition) is 5. The van der Waals surface area contributed by atoms with Gasteiger partial charge in [-0.25, -0.2) is 12.8 Å². The molecular formula is C21H25ClFNO5S. The lowest BCUT2D eigenvalue weighted by Gasteiger charge is -2.20. The summed E-state index contributed by atoms with van der Waals surface area (Å²) in [6.45, 7) is 4.77. The largest absolute Gasteiger partial charge is 0.469 e. The Kier molecular flexibility index (Phi) is 7.85. The Balaban J connectivity index is 2.42. The maximum Gasteiger partial charge on any atom is 0.313 e. The number of halogens is 2. The van der Waals surface area contributed by atoms with Crippen LogP contribution in [0.15, 0.2) is 35.2 Å². The second-order valence-electron chi connectivity index (χ2n) is 6.88. The van der Waals surface area contributed by atoms with Crippen LogP contribution in [-0.2, 0) is 19.6 Å². The van der Waals surface area contributed by atoms with E-state index in [2.05, 4.69) is 4.72 Å². The molecule has 2 atom stereocenters. The predicted octanol–water partition coefficient (Wildman–Crippen LogP) is 4.18. The van der Waals surface area contributed by atoms with E-state index in [1.165, 1.54) is 31.4 Å². The monoisotopic (exact) mass is 457 g/mol. The van der Waals surface area contributed by atoms with Crippen molar-refractivity contribution in [2.45, 2.75) is 43.4 Å². The van der Waals surface area contributed by atoms with Gasteiger partial charge in [0, 0.05) is 5.56 Å². The van der Waals surface area contributed by atoms with E-state index in [4.69, 9.17) is 21.4 Å². The normalized spacial score (nSPS) is 13.6. The third-order valence-electron chi connectivity index (χ3n) is 5.10. The Hall–Kier alpha value is -2.16. The van der Waals surface area contributed by atoms with Gasteiger partial charge in [0.1, 0.15) is 5.82 Å². The Bertz CT molecular complexity index is 1020. The molecule has 0 aromatic heterocycles. The van der Waals surface area contributed by atoms with Crippen LogP contribution < -0.4 is 4.72 Å². The van der Waals surface area contributed by atoms with Crippen LogP contribution in [0.3, 0.4) is 0 Å². The zero-order valence-electron chi connectivity index (χ0n) is 17.2. The molecule has 0 heterocycles. The summed E-state index contributed by atoms with van der Waals surface area (Å²) in [4.78, 5) is 12.0. The lowest BCUT2D eigenvalue weighted by Crippen LogP contribution is -2.19. The third-order valence-corrected chi connectivity index (χ3v) is 6.87. The molecule has 0 radical (unpaired) electrons. The van der Waals surface area contributed by atoms with Crippen molar-refractivity contribution in [1.82, 2.24) is 0 Å². The highest BCUT2D eigenvalue weighted by Crippen LogP contribution is 2.34. The van der Waals surface area contributed by atoms with Gasteiger partial charge in [0.2, 0.25) is 0 Å². The van der Waals surface area contributed by atoms with Gasteiger partial charge in [-0.3, -0.25) is 9.52 Å². The van der Waals surface area contributed by atoms with Crippen molar-refractivity contribution in [3.63, 3.8) is 0 Å². The van der Waals surface area contributed by atoms with Gasteiger partial charge < -0.3 is 9.84 Å². The number of benzene rings is 2. The summed E-state index contributed by atoms with van der Waals surface area (Å²) >= 11 is 5.94. The van der Waals surface area contributed by atoms with E-state index in [1.54, 1.807) is 20.8 Å². The standard InChI is InChI=1S/C21H25ClFNO5S/c1-5-16(21(26)29-4)20-13(3)12(2)19(10-18(20)23)24-30(27,28)15-8-6-14(7-9-15)17(22)11-25/h6-10,16-17,24-25H,5,11H2,1-4H3. The van der Waals surface area contributed by atoms with Crippen molar-refractivity contribution in [2.24, 2.45) is 0 Å². The van der Waals surface area contributed by atoms with Crippen LogP contribution in [0.5, 0.6) is 0 Å². The summed E-state index contributed by atoms with van der Waals surface area (Å²) in [5.41, 5.74) is 1.85. The molecule has 2 aromatic rings. The molecule has 0 aliphatic heterocycles. The van der Waals surface area contributed by atoms with E-state index in [0.29, 0.717) is 23.1 Å². The minimum Gasteiger partial charge on any atom is -0.469 e. The van der Waals surface area contributed by atoms with Crippen LogP contribution in [0.2, 0.25) is 0 Å². The smallest absolute Gasteiger partial charge is 0.313 e. The van der Waals surface area contributed by atoms with E-state index in [0.717, 1.165) is 6.07 Å². The number of ether oxygens (including phenoxy) is 1. The van der Waals surface area contributed by atoms with Crippen molar-refractivity contribution < 1.29 is 27.4 Å². The first-order valence-corrected chi connectivity index (χ1v) is 11.2. The number of alkyl halides is 1. The average molecular weight is 458 g/mol. The molecule has 0 fully saturated rings. The molecular weight excluding hydrogens is 433 g/mol. The molecule has 0 saturated carbocycles. The molecule has 2 unspecified atom stereocenters. The number of methoxy groups -OCH3 is 1. The Morgan fingerprint density at radius 2 is 1.83 bits per heavy atom. The van der Waals surface area contributed by atoms with Crippen molar-refractivity contribution >= 4 is 33.3 Å². The lowest BCUT2D eigenvalue weighted by atomic mass is 9.89. The Morgan fingerprint density at radius 3 is 2.33 bits per heavy atom. The van der Waals surface area contributed by atoms with Gasteiger partial charge >= 0.3 is 5.97 Å². The van der Waals surface area contributed by atoms with E-state index in [1.807, 2.05) is 0 Å². The summed E-state index contributed by atoms with van der Waals surface area (Å²) in [6, 6.07) is 6.81. The fraction of sp³-hybridized carbons (Fsp3) is 0.381. The van der Waals surface area contributed by atoms with Crippen LogP contribution in [0.25, 0.3) is 0 Å². The number of carbonyl (C=O) groups excluding carboxylic acids is 1. The maximum atomic E-state index is 14.9. The fourth-order valence-corrected chi connectivity index (χ4v) is 4.48. The van der Waals surface area contributed by atoms with Crippen molar-refractivity contribution in [2.75, 3.05) is 18.4 Å². The molecule has 0 bridgehead atoms. The van der Waals surface area contributed by atoms with Crippen LogP contribution in [-0.4, -0.2) is 33.2 Å². The fourth-order valence-electron chi connectivity index (χ4n) is 3.23. The second-order valence-corrected chi connectivity index (χ2v) is 9.09. The van der Waals surface area contributed by atoms with E-state index < -0.39 is 33.1 Å². The lowest BCUT2D eigenvalue weighted by molar-refractivity contribution is -0.142. The molecule has 0 amide bonds. The first-order valence-electron chi connectivity index (χ1n) is 9.32. The van der Waals surface area contributed by atoms with Gasteiger partial charge in [0.05, 0.1) is 35.6 Å². The van der Waals surface area contributed by atoms with E-state index >= 15 is 0 Å². The van der Waals surface area contributed by atoms with Crippen LogP contribution in [0, 0.1) is 19.7 Å². The third kappa shape index (κ3) is 4.94. The Morgan fingerprint density at radius 1 is 1.23 bits per heavy atom. The quantitative estimate of drug-likeness (QED) is 0.458. The minimum absolute atomic E-state index is 0.0319. The Labute approximate surface area is 181 Å². The van der Waals surface area contributed by atoms with Crippen LogP contribution in [0.1, 0.15) is 46.9 Å². The van der Waals surface area contributed by atoms with Crippen molar-refractivity contribution in [3.8, 4) is 0 Å². The maximum absolute atomic E-state index is 14.9. The summed E-state index contributed by atoms with van der Waals surface area (Å²) < 4.78 is 47.6. The first-order chi connectivity index (χ1) is 14.1. The van der Waals surface area contributed by atoms with Gasteiger partial charge in [-0.2, -0.15) is 0 Å². The van der Waals surface area contributed by atoms with Gasteiger partial charge in [-0.15, -0.1) is 11.6 Å². The molecule has 9 heteroatoms. The molecule has 0 spiro atoms. The number of carbonyl (C=O) groups is 1. The minimum atomic E-state index is -3.99. The molecule has 2 N–H and O–H groups in total. The zero-order valence-corrected chi connectivity index (χ0v) is 18.8. The van der Waals surface area contributed by atoms with Crippen LogP contribution in [0.4, 0.5) is 10.1 Å². The predicted molar refractivity (Wildman–Crippen MR) is 114 cm³/mol. The number of rotatable bonds is 8. The SMILES string of the molecule is CCC(C(=O)OC)c1c(F)cc(NS(=O)(=O)c2ccc(C(Cl)CO)cc2)c(C)c1C. The summed E-state index contributed by atoms with van der Waals surface area (Å²) in [7, 11) is -2.75. The van der Waals surface area contributed by atoms with Crippen LogP contribution >= 0.6 is 11.6 Å². The van der Waals surface area contributed by atoms with Gasteiger partial charge in [0.25, 0.3) is 10.0 Å². The van der Waals surface area contributed by atoms with Gasteiger partial charge in [-0.05, 0) is 55.2 Å². The molecule has 2 rings (SSSR count). The number of sulfonamides is 1. The highest BCUT2D eigenvalue weighted by atomic mass is 35.5. The highest BCUT2D eigenvalue weighted by molar-refractivity contribution is 7.92. The first kappa shape index (κ1) is 24.1. The zero-order chi connectivity index (χ0) is 22.6. The van der Waals surface area contributed by atoms with Gasteiger partial charge in [-0.1, -0.05) is 19.1 Å². The molecule has 0 aliphatic carbocycles. The number of hydrogen-bond donors (Lipinski definition) is 2. The van der Waals surface area contributed by atoms with Gasteiger partial charge in [0.15, 0.2) is 0 Å². The summed E-state index contributed by atoms with van der Waals surface area (Å²) in [5.74, 6) is -2.01. The molecule has 164 valence electrons. The van der Waals surface area contributed by atoms with E-state index in [-0.39, 0.29) is 22.8 Å². The molecule has 2 aromatic carbocycles. The highest BCUT2D eigenvalue weighted by Gasteiger charge is 2.27. The number of anilines is 1. The van der Waals surface area contributed by atoms with Crippen molar-refractivity contribution in [3.05, 3.63) is 58.4 Å². The summed E-state index contributed by atoms with van der Waals surface area (Å²) in [6.07, 6.45) is 0.344. The number of esters is 1. The molecule has 0 aliphatic rings. The number of aliphatic hydroxyl groups is 1. The molecule has 6 nitrogen and oxygen atoms in total. The van der Waals surface area contributed by atoms with Crippen molar-refractivity contribution in [1.29, 1.82) is 0 Å². The average Bonchev–Trinajstić information content (AvgIpc) is 2.73. The molecule has 0 saturated heterocycles. The topological polar surface area (TPSA) is 92.7 Å².